The SMILES string of the molecule is CC(C)=CCONC(N)=N/N=C/c1ccccc1Cl.CCCONC(N)=N/N=C/c1ccccc1Cl.CCOCCONC(N)=N/N=C/c1ccccc1Cl.CCONC(N)=N/N=C/c1c(Cl)cccc1Cl.CCONC(N)=N/N=C/c1ccccc1Cl.CCONC(N)=N/N=C/c1ccncc1Cl.CCSCCONC(N)=N/N=C/c1ccccc1Cl. The molecule has 123 heavy (non-hydrogen) atoms. The van der Waals surface area contributed by atoms with Crippen LogP contribution >= 0.6 is 105 Å². The molecule has 0 amide bonds. The van der Waals surface area contributed by atoms with E-state index in [9.17, 15) is 0 Å². The van der Waals surface area contributed by atoms with E-state index in [0.717, 1.165) is 51.3 Å². The van der Waals surface area contributed by atoms with Gasteiger partial charge in [0.25, 0.3) is 0 Å². The van der Waals surface area contributed by atoms with Gasteiger partial charge in [-0.25, -0.2) is 38.4 Å². The molecular weight excluding hydrogens is 1770 g/mol. The average molecular weight is 1880 g/mol. The van der Waals surface area contributed by atoms with Crippen molar-refractivity contribution in [2.45, 2.75) is 61.8 Å². The van der Waals surface area contributed by atoms with E-state index in [1.807, 2.05) is 146 Å². The second-order valence-electron chi connectivity index (χ2n) is 22.3. The quantitative estimate of drug-likeness (QED) is 0.00570. The predicted molar refractivity (Wildman–Crippen MR) is 507 cm³/mol. The summed E-state index contributed by atoms with van der Waals surface area (Å²) >= 11 is 49.2. The molecule has 21 N–H and O–H groups in total. The van der Waals surface area contributed by atoms with Crippen LogP contribution in [0.1, 0.15) is 101 Å². The lowest BCUT2D eigenvalue weighted by molar-refractivity contribution is 0.0246. The Kier molecular flexibility index (Phi) is 66.1. The molecule has 0 unspecified atom stereocenters. The van der Waals surface area contributed by atoms with Gasteiger partial charge in [0.15, 0.2) is 0 Å². The van der Waals surface area contributed by atoms with Crippen LogP contribution < -0.4 is 78.5 Å². The maximum Gasteiger partial charge on any atom is 0.237 e. The Morgan fingerprint density at radius 2 is 0.626 bits per heavy atom. The summed E-state index contributed by atoms with van der Waals surface area (Å²) in [6.07, 6.45) is 16.4. The Bertz CT molecular complexity index is 4410. The smallest absolute Gasteiger partial charge is 0.237 e. The van der Waals surface area contributed by atoms with Crippen LogP contribution in [0.25, 0.3) is 0 Å². The Hall–Kier alpha value is -10.9. The molecule has 7 rings (SSSR count). The van der Waals surface area contributed by atoms with E-state index in [4.69, 9.17) is 172 Å². The molecule has 666 valence electrons. The van der Waals surface area contributed by atoms with Crippen LogP contribution in [-0.4, -0.2) is 161 Å². The predicted octanol–water partition coefficient (Wildman–Crippen LogP) is 12.8. The summed E-state index contributed by atoms with van der Waals surface area (Å²) in [4.78, 5) is 38.4. The second-order valence-corrected chi connectivity index (χ2v) is 26.9. The van der Waals surface area contributed by atoms with Crippen molar-refractivity contribution in [3.8, 4) is 0 Å². The second kappa shape index (κ2) is 73.8. The summed E-state index contributed by atoms with van der Waals surface area (Å²) in [6.45, 7) is 19.9. The minimum absolute atomic E-state index is 0.0475. The number of guanidine groups is 7. The Labute approximate surface area is 759 Å². The number of hydroxylamine groups is 7. The first-order chi connectivity index (χ1) is 59.4. The molecule has 6 aromatic carbocycles. The van der Waals surface area contributed by atoms with Gasteiger partial charge in [0.05, 0.1) is 111 Å². The van der Waals surface area contributed by atoms with Gasteiger partial charge < -0.3 is 44.9 Å². The molecule has 0 atom stereocenters. The molecule has 0 saturated carbocycles. The fourth-order valence-electron chi connectivity index (χ4n) is 6.96. The van der Waals surface area contributed by atoms with Gasteiger partial charge in [-0.05, 0) is 102 Å². The first kappa shape index (κ1) is 110. The number of ether oxygens (including phenoxy) is 1. The Morgan fingerprint density at radius 1 is 0.333 bits per heavy atom. The summed E-state index contributed by atoms with van der Waals surface area (Å²) in [6, 6.07) is 43.4. The van der Waals surface area contributed by atoms with E-state index in [0.29, 0.717) is 111 Å². The zero-order chi connectivity index (χ0) is 90.7. The molecule has 0 saturated heterocycles. The van der Waals surface area contributed by atoms with Crippen LogP contribution in [0.3, 0.4) is 0 Å². The van der Waals surface area contributed by atoms with Crippen molar-refractivity contribution in [1.29, 1.82) is 0 Å². The fourth-order valence-corrected chi connectivity index (χ4v) is 9.04. The molecule has 0 aliphatic carbocycles. The maximum absolute atomic E-state index is 5.96. The summed E-state index contributed by atoms with van der Waals surface area (Å²) in [5, 5.41) is 56.8. The highest BCUT2D eigenvalue weighted by Gasteiger charge is 2.04. The first-order valence-corrected chi connectivity index (χ1v) is 40.9. The number of hydrogen-bond donors (Lipinski definition) is 14. The van der Waals surface area contributed by atoms with Gasteiger partial charge in [0.2, 0.25) is 41.7 Å². The molecule has 0 fully saturated rings. The number of allylic oxidation sites excluding steroid dienone is 1. The number of hydrogen-bond acceptors (Lipinski definition) is 24. The topological polar surface area (TPSA) is 526 Å². The van der Waals surface area contributed by atoms with Crippen LogP contribution in [0.5, 0.6) is 0 Å². The van der Waals surface area contributed by atoms with Crippen molar-refractivity contribution >= 4 is 190 Å². The van der Waals surface area contributed by atoms with E-state index >= 15 is 0 Å². The normalized spacial score (nSPS) is 12.0. The molecule has 0 aliphatic rings. The van der Waals surface area contributed by atoms with Crippen LogP contribution in [0, 0.1) is 0 Å². The van der Waals surface area contributed by atoms with Crippen molar-refractivity contribution in [2.75, 3.05) is 71.0 Å². The van der Waals surface area contributed by atoms with E-state index in [1.165, 1.54) is 49.7 Å². The monoisotopic (exact) mass is 1870 g/mol. The van der Waals surface area contributed by atoms with E-state index in [-0.39, 0.29) is 41.7 Å². The van der Waals surface area contributed by atoms with Gasteiger partial charge in [-0.2, -0.15) is 47.5 Å². The molecule has 0 spiro atoms. The molecule has 46 heteroatoms. The Balaban J connectivity index is 0.000000718. The van der Waals surface area contributed by atoms with Gasteiger partial charge in [-0.1, -0.05) is 215 Å². The van der Waals surface area contributed by atoms with E-state index in [1.54, 1.807) is 72.6 Å². The number of nitrogens with two attached hydrogens (primary N) is 7. The summed E-state index contributed by atoms with van der Waals surface area (Å²) in [5.74, 6) is 2.51. The fraction of sp³-hybridized carbons (Fsp3) is 0.260. The number of benzene rings is 6. The average Bonchev–Trinajstić information content (AvgIpc) is 0.888. The molecule has 0 bridgehead atoms. The molecule has 1 aromatic heterocycles. The third kappa shape index (κ3) is 59.5. The highest BCUT2D eigenvalue weighted by atomic mass is 35.5. The summed E-state index contributed by atoms with van der Waals surface area (Å²) < 4.78 is 5.08. The van der Waals surface area contributed by atoms with Gasteiger partial charge in [0.1, 0.15) is 0 Å². The maximum atomic E-state index is 5.96. The molecule has 1 heterocycles. The lowest BCUT2D eigenvalue weighted by Gasteiger charge is -2.04. The molecule has 0 radical (unpaired) electrons. The lowest BCUT2D eigenvalue weighted by atomic mass is 10.2. The summed E-state index contributed by atoms with van der Waals surface area (Å²) in [5.41, 5.74) is 61.8. The van der Waals surface area contributed by atoms with Gasteiger partial charge >= 0.3 is 0 Å². The van der Waals surface area contributed by atoms with Crippen LogP contribution in [0.4, 0.5) is 0 Å². The van der Waals surface area contributed by atoms with Crippen LogP contribution in [0.15, 0.2) is 241 Å². The lowest BCUT2D eigenvalue weighted by Crippen LogP contribution is -2.32. The Morgan fingerprint density at radius 3 is 0.927 bits per heavy atom. The van der Waals surface area contributed by atoms with Gasteiger partial charge in [-0.15, -0.1) is 35.7 Å². The molecule has 37 nitrogen and oxygen atoms in total. The van der Waals surface area contributed by atoms with Crippen molar-refractivity contribution < 1.29 is 38.6 Å². The minimum Gasteiger partial charge on any atom is -0.379 e. The van der Waals surface area contributed by atoms with Crippen molar-refractivity contribution in [2.24, 2.45) is 112 Å². The zero-order valence-electron chi connectivity index (χ0n) is 68.6. The minimum atomic E-state index is 0.0475. The number of nitrogens with one attached hydrogen (secondary N) is 7. The van der Waals surface area contributed by atoms with Crippen molar-refractivity contribution in [3.63, 3.8) is 0 Å². The van der Waals surface area contributed by atoms with Crippen LogP contribution in [0.2, 0.25) is 40.2 Å². The molecule has 7 aromatic rings. The number of halogens is 8. The third-order valence-corrected chi connectivity index (χ3v) is 16.0. The van der Waals surface area contributed by atoms with Gasteiger partial charge in [-0.3, -0.25) is 38.8 Å². The number of aromatic nitrogens is 1. The number of pyridine rings is 1. The van der Waals surface area contributed by atoms with Crippen LogP contribution in [-0.2, 0) is 38.6 Å². The zero-order valence-corrected chi connectivity index (χ0v) is 75.4. The van der Waals surface area contributed by atoms with Crippen molar-refractivity contribution in [1.82, 2.24) is 43.3 Å². The number of nitrogens with zero attached hydrogens (tertiary/aromatic N) is 15. The highest BCUT2D eigenvalue weighted by Crippen LogP contribution is 2.23. The highest BCUT2D eigenvalue weighted by molar-refractivity contribution is 7.99. The molecule has 0 aliphatic heterocycles. The van der Waals surface area contributed by atoms with Crippen molar-refractivity contribution in [3.05, 3.63) is 249 Å². The van der Waals surface area contributed by atoms with E-state index < -0.39 is 0 Å². The largest absolute Gasteiger partial charge is 0.379 e. The standard InChI is InChI=1S/C13H17ClN4O.C12H17ClN4O2.C12H17ClN4OS.C11H15ClN4O.C10H12Cl2N4O.C10H13ClN4O.C9H12ClN5O/c1-10(2)7-8-19-18-13(15)17-16-9-11-5-3-4-6-12(11)14;1-2-18-7-8-19-17-12(14)16-15-9-10-5-3-4-6-11(10)13;1-2-19-8-7-18-17-12(14)16-15-9-10-5-3-4-6-11(10)13;1-2-7-17-16-11(13)15-14-8-9-5-3-4-6-10(9)12;1-2-17-16-10(13)15-14-6-7-8(11)4-3-5-9(7)12;1-2-16-15-10(12)14-13-7-8-5-3-4-6-9(8)11;1-2-16-15-9(11)14-13-5-7-3-4-12-6-8(7)10/h3-7,9H,8H2,1-2H3,(H3,15,17,18);2*3-6,9H,2,7-8H2,1H3,(H3,14,16,17);3-6,8H,2,7H2,1H3,(H3,13,15,16);3-6H,2H2,1H3,(H3,13,15,16);3-7H,2H2,1H3,(H3,12,14,15);3-6H,2H2,1H3,(H3,11,14,15)/b16-9+;2*15-9+;14-8+;14-6+;13-7+;13-5+. The van der Waals surface area contributed by atoms with Gasteiger partial charge in [0, 0.05) is 88.8 Å². The van der Waals surface area contributed by atoms with E-state index in [2.05, 4.69) is 122 Å². The first-order valence-electron chi connectivity index (χ1n) is 36.7. The number of rotatable bonds is 36. The summed E-state index contributed by atoms with van der Waals surface area (Å²) in [7, 11) is 0. The molecular formula is C77H103Cl8N29O8S. The number of thioether (sulfide) groups is 1. The third-order valence-electron chi connectivity index (χ3n) is 12.5.